The van der Waals surface area contributed by atoms with Crippen molar-refractivity contribution in [3.05, 3.63) is 80.7 Å². The highest BCUT2D eigenvalue weighted by Gasteiger charge is 2.31. The maximum absolute atomic E-state index is 13.2. The maximum atomic E-state index is 13.2. The first kappa shape index (κ1) is 27.6. The van der Waals surface area contributed by atoms with Crippen molar-refractivity contribution in [3.8, 4) is 5.75 Å². The summed E-state index contributed by atoms with van der Waals surface area (Å²) in [4.78, 5) is 52.6. The van der Waals surface area contributed by atoms with E-state index in [9.17, 15) is 23.6 Å². The fraction of sp³-hybridized carbons (Fsp3) is 0.357. The molecular formula is C28H32FN5O5. The van der Waals surface area contributed by atoms with Gasteiger partial charge in [0.1, 0.15) is 23.1 Å². The molecule has 1 aliphatic heterocycles. The number of ether oxygens (including phenoxy) is 1. The van der Waals surface area contributed by atoms with Gasteiger partial charge in [0.25, 0.3) is 11.5 Å². The van der Waals surface area contributed by atoms with Crippen molar-refractivity contribution in [2.45, 2.75) is 46.2 Å². The summed E-state index contributed by atoms with van der Waals surface area (Å²) in [6, 6.07) is 12.1. The van der Waals surface area contributed by atoms with E-state index in [1.165, 1.54) is 16.7 Å². The molecule has 3 N–H and O–H groups in total. The molecule has 1 aliphatic rings. The van der Waals surface area contributed by atoms with Gasteiger partial charge in [-0.05, 0) is 61.4 Å². The van der Waals surface area contributed by atoms with E-state index in [0.717, 1.165) is 4.57 Å². The second-order valence-electron chi connectivity index (χ2n) is 9.49. The zero-order chi connectivity index (χ0) is 28.1. The average Bonchev–Trinajstić information content (AvgIpc) is 3.31. The number of nitrogen functional groups attached to an aromatic ring is 1. The van der Waals surface area contributed by atoms with E-state index in [1.54, 1.807) is 41.3 Å². The molecule has 3 aromatic rings. The first-order valence-electron chi connectivity index (χ1n) is 13.0. The predicted octanol–water partition coefficient (Wildman–Crippen LogP) is 3.24. The average molecular weight is 538 g/mol. The summed E-state index contributed by atoms with van der Waals surface area (Å²) in [7, 11) is 0. The number of hydrogen-bond acceptors (Lipinski definition) is 6. The Bertz CT molecular complexity index is 1460. The fourth-order valence-corrected chi connectivity index (χ4v) is 4.56. The molecule has 1 aromatic heterocycles. The normalized spacial score (nSPS) is 15.0. The van der Waals surface area contributed by atoms with Gasteiger partial charge in [0.2, 0.25) is 5.91 Å². The quantitative estimate of drug-likeness (QED) is 0.409. The van der Waals surface area contributed by atoms with Crippen LogP contribution in [0.25, 0.3) is 0 Å². The Morgan fingerprint density at radius 1 is 1.00 bits per heavy atom. The number of hydrogen-bond donors (Lipinski definition) is 2. The minimum Gasteiger partial charge on any atom is -0.493 e. The molecule has 1 saturated heterocycles. The number of carbonyl (C=O) groups is 2. The molecule has 206 valence electrons. The molecule has 0 spiro atoms. The van der Waals surface area contributed by atoms with E-state index >= 15 is 0 Å². The molecule has 10 nitrogen and oxygen atoms in total. The van der Waals surface area contributed by atoms with Crippen LogP contribution in [0.15, 0.2) is 58.1 Å². The highest BCUT2D eigenvalue weighted by atomic mass is 19.1. The van der Waals surface area contributed by atoms with Gasteiger partial charge in [-0.1, -0.05) is 13.8 Å². The van der Waals surface area contributed by atoms with Crippen molar-refractivity contribution in [2.75, 3.05) is 29.1 Å². The lowest BCUT2D eigenvalue weighted by molar-refractivity contribution is -0.117. The fourth-order valence-electron chi connectivity index (χ4n) is 4.56. The largest absolute Gasteiger partial charge is 0.493 e. The third-order valence-electron chi connectivity index (χ3n) is 6.55. The Morgan fingerprint density at radius 3 is 2.28 bits per heavy atom. The van der Waals surface area contributed by atoms with Crippen LogP contribution >= 0.6 is 0 Å². The van der Waals surface area contributed by atoms with Crippen LogP contribution in [0.3, 0.4) is 0 Å². The third kappa shape index (κ3) is 6.02. The molecule has 1 fully saturated rings. The lowest BCUT2D eigenvalue weighted by Gasteiger charge is -2.17. The predicted molar refractivity (Wildman–Crippen MR) is 147 cm³/mol. The molecule has 2 heterocycles. The minimum atomic E-state index is -0.638. The number of anilines is 3. The molecule has 0 radical (unpaired) electrons. The van der Waals surface area contributed by atoms with Gasteiger partial charge >= 0.3 is 5.69 Å². The zero-order valence-electron chi connectivity index (χ0n) is 22.0. The third-order valence-corrected chi connectivity index (χ3v) is 6.55. The van der Waals surface area contributed by atoms with Crippen molar-refractivity contribution < 1.29 is 18.7 Å². The van der Waals surface area contributed by atoms with E-state index in [1.807, 2.05) is 13.8 Å². The van der Waals surface area contributed by atoms with E-state index in [-0.39, 0.29) is 41.3 Å². The molecule has 0 aliphatic carbocycles. The van der Waals surface area contributed by atoms with Crippen LogP contribution in [0, 0.1) is 11.7 Å². The maximum Gasteiger partial charge on any atom is 0.332 e. The standard InChI is InChI=1S/C28H32FN5O5/c1-3-13-32-25(30)24(27(37)33(14-4-2)28(32)38)31-26(36)19-5-11-22(12-6-19)39-17-18-15-23(35)34(16-18)21-9-7-20(29)8-10-21/h5-12,18H,3-4,13-17,30H2,1-2H3,(H,31,36). The van der Waals surface area contributed by atoms with Crippen molar-refractivity contribution >= 4 is 29.0 Å². The van der Waals surface area contributed by atoms with Crippen molar-refractivity contribution in [2.24, 2.45) is 5.92 Å². The molecule has 1 atom stereocenters. The Morgan fingerprint density at radius 2 is 1.64 bits per heavy atom. The van der Waals surface area contributed by atoms with Crippen LogP contribution in [0.2, 0.25) is 0 Å². The molecule has 4 rings (SSSR count). The zero-order valence-corrected chi connectivity index (χ0v) is 22.0. The molecule has 0 saturated carbocycles. The minimum absolute atomic E-state index is 0.0439. The first-order chi connectivity index (χ1) is 18.7. The van der Waals surface area contributed by atoms with Gasteiger partial charge in [-0.3, -0.25) is 23.5 Å². The second-order valence-corrected chi connectivity index (χ2v) is 9.49. The Hall–Kier alpha value is -4.41. The van der Waals surface area contributed by atoms with Crippen LogP contribution in [-0.2, 0) is 17.9 Å². The van der Waals surface area contributed by atoms with Gasteiger partial charge in [0, 0.05) is 43.2 Å². The van der Waals surface area contributed by atoms with Crippen LogP contribution in [0.5, 0.6) is 5.75 Å². The summed E-state index contributed by atoms with van der Waals surface area (Å²) < 4.78 is 21.4. The summed E-state index contributed by atoms with van der Waals surface area (Å²) in [5.41, 5.74) is 5.78. The lowest BCUT2D eigenvalue weighted by Crippen LogP contribution is -2.42. The van der Waals surface area contributed by atoms with Gasteiger partial charge in [-0.15, -0.1) is 0 Å². The Labute approximate surface area is 224 Å². The molecule has 39 heavy (non-hydrogen) atoms. The number of rotatable bonds is 10. The molecule has 2 amide bonds. The molecular weight excluding hydrogens is 505 g/mol. The highest BCUT2D eigenvalue weighted by molar-refractivity contribution is 6.05. The number of nitrogens with two attached hydrogens (primary N) is 1. The number of benzene rings is 2. The first-order valence-corrected chi connectivity index (χ1v) is 13.0. The molecule has 11 heteroatoms. The monoisotopic (exact) mass is 537 g/mol. The molecule has 2 aromatic carbocycles. The van der Waals surface area contributed by atoms with Crippen LogP contribution < -0.4 is 31.9 Å². The highest BCUT2D eigenvalue weighted by Crippen LogP contribution is 2.26. The number of carbonyl (C=O) groups excluding carboxylic acids is 2. The second kappa shape index (κ2) is 12.0. The van der Waals surface area contributed by atoms with Crippen LogP contribution in [0.1, 0.15) is 43.5 Å². The topological polar surface area (TPSA) is 129 Å². The van der Waals surface area contributed by atoms with E-state index in [4.69, 9.17) is 10.5 Å². The summed E-state index contributed by atoms with van der Waals surface area (Å²) in [6.07, 6.45) is 1.51. The van der Waals surface area contributed by atoms with Gasteiger partial charge in [0.05, 0.1) is 6.61 Å². The smallest absolute Gasteiger partial charge is 0.332 e. The Balaban J connectivity index is 1.41. The summed E-state index contributed by atoms with van der Waals surface area (Å²) in [5.74, 6) is -0.567. The van der Waals surface area contributed by atoms with Crippen LogP contribution in [0.4, 0.5) is 21.6 Å². The summed E-state index contributed by atoms with van der Waals surface area (Å²) in [5, 5.41) is 2.58. The van der Waals surface area contributed by atoms with Crippen molar-refractivity contribution in [1.82, 2.24) is 9.13 Å². The number of halogens is 1. The van der Waals surface area contributed by atoms with E-state index < -0.39 is 17.2 Å². The van der Waals surface area contributed by atoms with Gasteiger partial charge in [0.15, 0.2) is 0 Å². The van der Waals surface area contributed by atoms with Crippen LogP contribution in [-0.4, -0.2) is 34.1 Å². The number of amides is 2. The van der Waals surface area contributed by atoms with Crippen molar-refractivity contribution in [1.29, 1.82) is 0 Å². The number of aromatic nitrogens is 2. The van der Waals surface area contributed by atoms with Gasteiger partial charge in [-0.2, -0.15) is 0 Å². The Kier molecular flexibility index (Phi) is 8.48. The van der Waals surface area contributed by atoms with Gasteiger partial charge in [-0.25, -0.2) is 9.18 Å². The lowest BCUT2D eigenvalue weighted by atomic mass is 10.1. The van der Waals surface area contributed by atoms with Gasteiger partial charge < -0.3 is 20.7 Å². The van der Waals surface area contributed by atoms with E-state index in [0.29, 0.717) is 50.4 Å². The molecule has 0 bridgehead atoms. The van der Waals surface area contributed by atoms with E-state index in [2.05, 4.69) is 5.32 Å². The number of nitrogens with one attached hydrogen (secondary N) is 1. The summed E-state index contributed by atoms with van der Waals surface area (Å²) in [6.45, 7) is 5.02. The summed E-state index contributed by atoms with van der Waals surface area (Å²) >= 11 is 0. The SMILES string of the molecule is CCCn1c(N)c(NC(=O)c2ccc(OCC3CC(=O)N(c4ccc(F)cc4)C3)cc2)c(=O)n(CCC)c1=O. The van der Waals surface area contributed by atoms with Crippen molar-refractivity contribution in [3.63, 3.8) is 0 Å². The number of nitrogens with zero attached hydrogens (tertiary/aromatic N) is 3. The molecule has 1 unspecified atom stereocenters.